The second kappa shape index (κ2) is 9.20. The molecule has 162 valence electrons. The maximum Gasteiger partial charge on any atom is 0.244 e. The average Bonchev–Trinajstić information content (AvgIpc) is 3.06. The number of ether oxygens (including phenoxy) is 2. The van der Waals surface area contributed by atoms with E-state index in [1.165, 1.54) is 16.2 Å². The van der Waals surface area contributed by atoms with Crippen LogP contribution in [0.2, 0.25) is 0 Å². The van der Waals surface area contributed by atoms with Crippen LogP contribution in [-0.4, -0.2) is 77.3 Å². The van der Waals surface area contributed by atoms with Crippen molar-refractivity contribution in [3.05, 3.63) is 42.6 Å². The van der Waals surface area contributed by atoms with Gasteiger partial charge in [-0.3, -0.25) is 0 Å². The lowest BCUT2D eigenvalue weighted by atomic mass is 10.2. The quantitative estimate of drug-likeness (QED) is 0.714. The molecule has 3 heterocycles. The second-order valence-corrected chi connectivity index (χ2v) is 9.33. The van der Waals surface area contributed by atoms with Crippen molar-refractivity contribution in [2.75, 3.05) is 69.4 Å². The molecule has 2 saturated heterocycles. The van der Waals surface area contributed by atoms with Crippen LogP contribution >= 0.6 is 0 Å². The Bertz CT molecular complexity index is 928. The van der Waals surface area contributed by atoms with Gasteiger partial charge in [-0.1, -0.05) is 0 Å². The normalized spacial score (nSPS) is 18.8. The number of nitrogens with zero attached hydrogens (tertiary/aromatic N) is 4. The average molecular weight is 433 g/mol. The number of hydrogen-bond donors (Lipinski definition) is 0. The Balaban J connectivity index is 1.42. The van der Waals surface area contributed by atoms with E-state index in [9.17, 15) is 8.42 Å². The van der Waals surface area contributed by atoms with Gasteiger partial charge in [-0.05, 0) is 42.8 Å². The third-order valence-electron chi connectivity index (χ3n) is 5.59. The SMILES string of the molecule is COc1ccc(N2CCCN(c3ccc(S(=O)(=O)N4CCOCC4)cn3)CC2)cc1. The van der Waals surface area contributed by atoms with Crippen LogP contribution in [0.25, 0.3) is 0 Å². The molecule has 0 amide bonds. The molecule has 30 heavy (non-hydrogen) atoms. The summed E-state index contributed by atoms with van der Waals surface area (Å²) in [6.07, 6.45) is 2.48. The van der Waals surface area contributed by atoms with E-state index in [1.807, 2.05) is 18.2 Å². The van der Waals surface area contributed by atoms with Crippen molar-refractivity contribution in [1.29, 1.82) is 0 Å². The molecule has 0 saturated carbocycles. The minimum Gasteiger partial charge on any atom is -0.497 e. The number of methoxy groups -OCH3 is 1. The molecular weight excluding hydrogens is 404 g/mol. The highest BCUT2D eigenvalue weighted by atomic mass is 32.2. The Morgan fingerprint density at radius 1 is 0.900 bits per heavy atom. The molecule has 4 rings (SSSR count). The maximum absolute atomic E-state index is 12.8. The lowest BCUT2D eigenvalue weighted by Gasteiger charge is -2.26. The van der Waals surface area contributed by atoms with Crippen molar-refractivity contribution in [1.82, 2.24) is 9.29 Å². The fourth-order valence-electron chi connectivity index (χ4n) is 3.85. The molecule has 0 atom stereocenters. The van der Waals surface area contributed by atoms with Gasteiger partial charge in [-0.2, -0.15) is 4.31 Å². The second-order valence-electron chi connectivity index (χ2n) is 7.39. The van der Waals surface area contributed by atoms with Crippen LogP contribution in [-0.2, 0) is 14.8 Å². The molecule has 0 spiro atoms. The zero-order valence-corrected chi connectivity index (χ0v) is 18.1. The summed E-state index contributed by atoms with van der Waals surface area (Å²) < 4.78 is 37.5. The van der Waals surface area contributed by atoms with Crippen LogP contribution in [0, 0.1) is 0 Å². The highest BCUT2D eigenvalue weighted by Gasteiger charge is 2.27. The van der Waals surface area contributed by atoms with Gasteiger partial charge in [-0.25, -0.2) is 13.4 Å². The fourth-order valence-corrected chi connectivity index (χ4v) is 5.20. The number of morpholine rings is 1. The molecule has 2 aromatic rings. The molecule has 8 nitrogen and oxygen atoms in total. The smallest absolute Gasteiger partial charge is 0.244 e. The predicted molar refractivity (Wildman–Crippen MR) is 116 cm³/mol. The van der Waals surface area contributed by atoms with Crippen LogP contribution in [0.1, 0.15) is 6.42 Å². The van der Waals surface area contributed by atoms with Crippen molar-refractivity contribution in [2.45, 2.75) is 11.3 Å². The molecule has 2 aliphatic rings. The van der Waals surface area contributed by atoms with Crippen LogP contribution in [0.4, 0.5) is 11.5 Å². The summed E-state index contributed by atoms with van der Waals surface area (Å²) >= 11 is 0. The molecule has 1 aromatic carbocycles. The van der Waals surface area contributed by atoms with Gasteiger partial charge in [0.05, 0.1) is 20.3 Å². The van der Waals surface area contributed by atoms with Crippen molar-refractivity contribution >= 4 is 21.5 Å². The molecule has 2 fully saturated rings. The Kier molecular flexibility index (Phi) is 6.40. The first-order valence-corrected chi connectivity index (χ1v) is 11.7. The van der Waals surface area contributed by atoms with Crippen molar-refractivity contribution in [3.63, 3.8) is 0 Å². The number of aromatic nitrogens is 1. The zero-order valence-electron chi connectivity index (χ0n) is 17.2. The fraction of sp³-hybridized carbons (Fsp3) is 0.476. The topological polar surface area (TPSA) is 75.2 Å². The van der Waals surface area contributed by atoms with Crippen LogP contribution < -0.4 is 14.5 Å². The number of rotatable bonds is 5. The number of sulfonamides is 1. The first-order valence-electron chi connectivity index (χ1n) is 10.3. The third-order valence-corrected chi connectivity index (χ3v) is 7.47. The van der Waals surface area contributed by atoms with Gasteiger partial charge in [0.1, 0.15) is 16.5 Å². The molecule has 2 aliphatic heterocycles. The van der Waals surface area contributed by atoms with Gasteiger partial charge in [0.25, 0.3) is 0 Å². The standard InChI is InChI=1S/C21H28N4O4S/c1-28-19-5-3-18(4-6-19)23-9-2-10-24(12-11-23)21-8-7-20(17-22-21)30(26,27)25-13-15-29-16-14-25/h3-8,17H,2,9-16H2,1H3. The molecule has 0 unspecified atom stereocenters. The summed E-state index contributed by atoms with van der Waals surface area (Å²) in [6.45, 7) is 5.19. The van der Waals surface area contributed by atoms with E-state index in [2.05, 4.69) is 26.9 Å². The first kappa shape index (κ1) is 20.9. The molecule has 9 heteroatoms. The van der Waals surface area contributed by atoms with E-state index < -0.39 is 10.0 Å². The number of anilines is 2. The number of benzene rings is 1. The lowest BCUT2D eigenvalue weighted by Crippen LogP contribution is -2.40. The third kappa shape index (κ3) is 4.53. The minimum atomic E-state index is -3.51. The van der Waals surface area contributed by atoms with E-state index in [1.54, 1.807) is 13.2 Å². The number of hydrogen-bond acceptors (Lipinski definition) is 7. The Morgan fingerprint density at radius 3 is 2.27 bits per heavy atom. The molecule has 0 aliphatic carbocycles. The molecular formula is C21H28N4O4S. The van der Waals surface area contributed by atoms with E-state index in [4.69, 9.17) is 9.47 Å². The zero-order chi connectivity index (χ0) is 21.0. The predicted octanol–water partition coefficient (Wildman–Crippen LogP) is 1.83. The van der Waals surface area contributed by atoms with Gasteiger partial charge >= 0.3 is 0 Å². The Morgan fingerprint density at radius 2 is 1.60 bits per heavy atom. The van der Waals surface area contributed by atoms with Crippen LogP contribution in [0.3, 0.4) is 0 Å². The summed E-state index contributed by atoms with van der Waals surface area (Å²) in [4.78, 5) is 9.29. The van der Waals surface area contributed by atoms with E-state index in [0.29, 0.717) is 26.3 Å². The van der Waals surface area contributed by atoms with Crippen LogP contribution in [0.15, 0.2) is 47.5 Å². The van der Waals surface area contributed by atoms with Crippen molar-refractivity contribution < 1.29 is 17.9 Å². The van der Waals surface area contributed by atoms with Crippen molar-refractivity contribution in [3.8, 4) is 5.75 Å². The van der Waals surface area contributed by atoms with Gasteiger partial charge in [0.2, 0.25) is 10.0 Å². The summed E-state index contributed by atoms with van der Waals surface area (Å²) in [7, 11) is -1.84. The molecule has 0 radical (unpaired) electrons. The molecule has 0 bridgehead atoms. The van der Waals surface area contributed by atoms with Crippen molar-refractivity contribution in [2.24, 2.45) is 0 Å². The maximum atomic E-state index is 12.8. The highest BCUT2D eigenvalue weighted by molar-refractivity contribution is 7.89. The molecule has 1 aromatic heterocycles. The largest absolute Gasteiger partial charge is 0.497 e. The van der Waals surface area contributed by atoms with Gasteiger partial charge < -0.3 is 19.3 Å². The Labute approximate surface area is 178 Å². The Hall–Kier alpha value is -2.36. The number of pyridine rings is 1. The lowest BCUT2D eigenvalue weighted by molar-refractivity contribution is 0.0730. The minimum absolute atomic E-state index is 0.239. The van der Waals surface area contributed by atoms with E-state index >= 15 is 0 Å². The molecule has 0 N–H and O–H groups in total. The summed E-state index contributed by atoms with van der Waals surface area (Å²) in [6, 6.07) is 11.6. The highest BCUT2D eigenvalue weighted by Crippen LogP contribution is 2.23. The van der Waals surface area contributed by atoms with Gasteiger partial charge in [0.15, 0.2) is 0 Å². The van der Waals surface area contributed by atoms with E-state index in [-0.39, 0.29) is 4.90 Å². The van der Waals surface area contributed by atoms with Gasteiger partial charge in [0, 0.05) is 51.2 Å². The summed E-state index contributed by atoms with van der Waals surface area (Å²) in [5, 5.41) is 0. The monoisotopic (exact) mass is 432 g/mol. The summed E-state index contributed by atoms with van der Waals surface area (Å²) in [5.74, 6) is 1.67. The van der Waals surface area contributed by atoms with Crippen LogP contribution in [0.5, 0.6) is 5.75 Å². The van der Waals surface area contributed by atoms with E-state index in [0.717, 1.165) is 44.2 Å². The first-order chi connectivity index (χ1) is 14.6. The summed E-state index contributed by atoms with van der Waals surface area (Å²) in [5.41, 5.74) is 1.18. The van der Waals surface area contributed by atoms with Gasteiger partial charge in [-0.15, -0.1) is 0 Å².